The second kappa shape index (κ2) is 8.56. The molecule has 0 aromatic rings. The van der Waals surface area contributed by atoms with Crippen LogP contribution in [0.2, 0.25) is 0 Å². The molecule has 0 bridgehead atoms. The summed E-state index contributed by atoms with van der Waals surface area (Å²) in [6, 6.07) is 0. The standard InChI is InChI=1S/C7H12Cl3NO2.H3N/c8-7(9,10)5-13-6(12)3-1-2-4-11;/h1-5,11H2;1H3. The molecule has 0 aliphatic rings. The molecule has 0 saturated heterocycles. The van der Waals surface area contributed by atoms with E-state index in [0.29, 0.717) is 19.4 Å². The Morgan fingerprint density at radius 1 is 1.29 bits per heavy atom. The van der Waals surface area contributed by atoms with E-state index in [4.69, 9.17) is 40.5 Å². The van der Waals surface area contributed by atoms with Crippen molar-refractivity contribution in [1.82, 2.24) is 6.15 Å². The fraction of sp³-hybridized carbons (Fsp3) is 0.857. The zero-order valence-electron chi connectivity index (χ0n) is 7.77. The number of ether oxygens (including phenoxy) is 1. The van der Waals surface area contributed by atoms with Gasteiger partial charge in [0.2, 0.25) is 3.79 Å². The summed E-state index contributed by atoms with van der Waals surface area (Å²) in [5.41, 5.74) is 5.24. The third kappa shape index (κ3) is 12.3. The maximum absolute atomic E-state index is 10.9. The van der Waals surface area contributed by atoms with Crippen molar-refractivity contribution < 1.29 is 9.53 Å². The summed E-state index contributed by atoms with van der Waals surface area (Å²) in [7, 11) is 0. The molecule has 7 heteroatoms. The van der Waals surface area contributed by atoms with Crippen LogP contribution in [0.1, 0.15) is 19.3 Å². The number of esters is 1. The molecule has 4 nitrogen and oxygen atoms in total. The Morgan fingerprint density at radius 2 is 1.86 bits per heavy atom. The Labute approximate surface area is 98.6 Å². The van der Waals surface area contributed by atoms with Crippen LogP contribution in [0.3, 0.4) is 0 Å². The molecule has 0 spiro atoms. The van der Waals surface area contributed by atoms with Gasteiger partial charge in [0.15, 0.2) is 0 Å². The second-order valence-corrected chi connectivity index (χ2v) is 5.04. The average molecular weight is 266 g/mol. The van der Waals surface area contributed by atoms with Crippen molar-refractivity contribution in [3.63, 3.8) is 0 Å². The van der Waals surface area contributed by atoms with E-state index in [2.05, 4.69) is 4.74 Å². The van der Waals surface area contributed by atoms with Crippen LogP contribution in [0.4, 0.5) is 0 Å². The molecule has 5 N–H and O–H groups in total. The van der Waals surface area contributed by atoms with Crippen molar-refractivity contribution in [3.8, 4) is 0 Å². The Hall–Kier alpha value is 0.260. The zero-order valence-corrected chi connectivity index (χ0v) is 10.0. The van der Waals surface area contributed by atoms with Crippen LogP contribution >= 0.6 is 34.8 Å². The molecule has 0 aromatic heterocycles. The number of hydrogen-bond acceptors (Lipinski definition) is 4. The highest BCUT2D eigenvalue weighted by molar-refractivity contribution is 6.67. The topological polar surface area (TPSA) is 87.3 Å². The second-order valence-electron chi connectivity index (χ2n) is 2.52. The van der Waals surface area contributed by atoms with Gasteiger partial charge in [0.25, 0.3) is 0 Å². The molecule has 0 saturated carbocycles. The van der Waals surface area contributed by atoms with Gasteiger partial charge in [-0.2, -0.15) is 0 Å². The van der Waals surface area contributed by atoms with Gasteiger partial charge >= 0.3 is 5.97 Å². The van der Waals surface area contributed by atoms with Gasteiger partial charge in [-0.3, -0.25) is 4.79 Å². The third-order valence-electron chi connectivity index (χ3n) is 1.23. The van der Waals surface area contributed by atoms with E-state index in [0.717, 1.165) is 6.42 Å². The lowest BCUT2D eigenvalue weighted by Crippen LogP contribution is -2.17. The van der Waals surface area contributed by atoms with Crippen LogP contribution < -0.4 is 11.9 Å². The molecule has 86 valence electrons. The minimum atomic E-state index is -1.52. The van der Waals surface area contributed by atoms with Crippen LogP contribution in [0.5, 0.6) is 0 Å². The molecule has 14 heavy (non-hydrogen) atoms. The predicted octanol–water partition coefficient (Wildman–Crippen LogP) is 2.19. The van der Waals surface area contributed by atoms with E-state index >= 15 is 0 Å². The lowest BCUT2D eigenvalue weighted by atomic mass is 10.2. The number of halogens is 3. The highest BCUT2D eigenvalue weighted by Gasteiger charge is 2.21. The molecule has 0 aliphatic carbocycles. The maximum atomic E-state index is 10.9. The first-order chi connectivity index (χ1) is 5.95. The quantitative estimate of drug-likeness (QED) is 0.453. The van der Waals surface area contributed by atoms with Gasteiger partial charge < -0.3 is 16.6 Å². The van der Waals surface area contributed by atoms with Crippen molar-refractivity contribution in [2.45, 2.75) is 23.1 Å². The number of hydrogen-bond donors (Lipinski definition) is 2. The monoisotopic (exact) mass is 264 g/mol. The highest BCUT2D eigenvalue weighted by atomic mass is 35.6. The van der Waals surface area contributed by atoms with Gasteiger partial charge in [-0.15, -0.1) is 0 Å². The number of alkyl halides is 3. The highest BCUT2D eigenvalue weighted by Crippen LogP contribution is 2.26. The summed E-state index contributed by atoms with van der Waals surface area (Å²) < 4.78 is 3.15. The van der Waals surface area contributed by atoms with Gasteiger partial charge in [-0.25, -0.2) is 0 Å². The Bertz CT molecular complexity index is 162. The fourth-order valence-corrected chi connectivity index (χ4v) is 0.812. The first kappa shape index (κ1) is 16.7. The smallest absolute Gasteiger partial charge is 0.305 e. The Balaban J connectivity index is 0. The van der Waals surface area contributed by atoms with Gasteiger partial charge in [-0.1, -0.05) is 34.8 Å². The Kier molecular flexibility index (Phi) is 10.2. The normalized spacial score (nSPS) is 10.6. The SMILES string of the molecule is N.NCCCCC(=O)OCC(Cl)(Cl)Cl. The molecule has 0 unspecified atom stereocenters. The van der Waals surface area contributed by atoms with E-state index in [1.54, 1.807) is 0 Å². The summed E-state index contributed by atoms with van der Waals surface area (Å²) in [6.45, 7) is 0.358. The van der Waals surface area contributed by atoms with Crippen molar-refractivity contribution in [2.24, 2.45) is 5.73 Å². The van der Waals surface area contributed by atoms with Crippen LogP contribution in [-0.4, -0.2) is 22.9 Å². The van der Waals surface area contributed by atoms with Crippen molar-refractivity contribution in [1.29, 1.82) is 0 Å². The molecular weight excluding hydrogens is 250 g/mol. The van der Waals surface area contributed by atoms with Gasteiger partial charge in [-0.05, 0) is 19.4 Å². The summed E-state index contributed by atoms with van der Waals surface area (Å²) in [5.74, 6) is -0.361. The van der Waals surface area contributed by atoms with Crippen LogP contribution in [0, 0.1) is 0 Å². The molecule has 0 atom stereocenters. The lowest BCUT2D eigenvalue weighted by Gasteiger charge is -2.10. The molecule has 0 aromatic carbocycles. The lowest BCUT2D eigenvalue weighted by molar-refractivity contribution is -0.143. The van der Waals surface area contributed by atoms with Crippen molar-refractivity contribution >= 4 is 40.8 Å². The van der Waals surface area contributed by atoms with Crippen molar-refractivity contribution in [3.05, 3.63) is 0 Å². The maximum Gasteiger partial charge on any atom is 0.305 e. The van der Waals surface area contributed by atoms with E-state index in [1.165, 1.54) is 0 Å². The van der Waals surface area contributed by atoms with Crippen LogP contribution in [-0.2, 0) is 9.53 Å². The molecule has 0 fully saturated rings. The minimum Gasteiger partial charge on any atom is -0.461 e. The number of rotatable bonds is 5. The van der Waals surface area contributed by atoms with Gasteiger partial charge in [0, 0.05) is 6.42 Å². The molecule has 0 radical (unpaired) electrons. The molecule has 0 amide bonds. The summed E-state index contributed by atoms with van der Waals surface area (Å²) in [6.07, 6.45) is 1.82. The van der Waals surface area contributed by atoms with E-state index in [9.17, 15) is 4.79 Å². The summed E-state index contributed by atoms with van der Waals surface area (Å²) in [5, 5.41) is 0. The molecular formula is C7H15Cl3N2O2. The predicted molar refractivity (Wildman–Crippen MR) is 59.2 cm³/mol. The fourth-order valence-electron chi connectivity index (χ4n) is 0.648. The zero-order chi connectivity index (χ0) is 10.3. The number of unbranched alkanes of at least 4 members (excludes halogenated alkanes) is 1. The minimum absolute atomic E-state index is 0. The number of carbonyl (C=O) groups excluding carboxylic acids is 1. The van der Waals surface area contributed by atoms with E-state index in [-0.39, 0.29) is 18.7 Å². The average Bonchev–Trinajstić information content (AvgIpc) is 2.00. The largest absolute Gasteiger partial charge is 0.461 e. The van der Waals surface area contributed by atoms with Gasteiger partial charge in [0.1, 0.15) is 6.61 Å². The first-order valence-electron chi connectivity index (χ1n) is 3.88. The number of nitrogens with two attached hydrogens (primary N) is 1. The van der Waals surface area contributed by atoms with Crippen LogP contribution in [0.15, 0.2) is 0 Å². The number of carbonyl (C=O) groups is 1. The molecule has 0 rings (SSSR count). The summed E-state index contributed by atoms with van der Waals surface area (Å²) >= 11 is 16.1. The molecule has 0 aliphatic heterocycles. The first-order valence-corrected chi connectivity index (χ1v) is 5.01. The van der Waals surface area contributed by atoms with Crippen LogP contribution in [0.25, 0.3) is 0 Å². The van der Waals surface area contributed by atoms with E-state index < -0.39 is 3.79 Å². The summed E-state index contributed by atoms with van der Waals surface area (Å²) in [4.78, 5) is 10.9. The van der Waals surface area contributed by atoms with Crippen molar-refractivity contribution in [2.75, 3.05) is 13.2 Å². The Morgan fingerprint density at radius 3 is 2.29 bits per heavy atom. The van der Waals surface area contributed by atoms with Gasteiger partial charge in [0.05, 0.1) is 0 Å². The molecule has 0 heterocycles. The van der Waals surface area contributed by atoms with E-state index in [1.807, 2.05) is 0 Å². The third-order valence-corrected chi connectivity index (χ3v) is 1.56.